The summed E-state index contributed by atoms with van der Waals surface area (Å²) >= 11 is 0. The maximum absolute atomic E-state index is 12.6. The largest absolute Gasteiger partial charge is 0.389 e. The Labute approximate surface area is 171 Å². The molecule has 0 aromatic heterocycles. The maximum atomic E-state index is 12.6. The van der Waals surface area contributed by atoms with Gasteiger partial charge in [-0.1, -0.05) is 26.6 Å². The van der Waals surface area contributed by atoms with Gasteiger partial charge in [0, 0.05) is 36.5 Å². The Morgan fingerprint density at radius 2 is 1.79 bits per heavy atom. The molecule has 28 heavy (non-hydrogen) atoms. The number of carbonyl (C=O) groups excluding carboxylic acids is 2. The summed E-state index contributed by atoms with van der Waals surface area (Å²) in [4.78, 5) is 24.9. The van der Waals surface area contributed by atoms with Gasteiger partial charge in [0.2, 0.25) is 0 Å². The Hall–Kier alpha value is -0.923. The SMILES string of the molecule is C[C@]12CC[C@H]3[C@@H](CC[C@@]4(O)CC(=O)CC[C@]34CC#C[Si](C)(C)C)[C@@H]1CCC2=O. The van der Waals surface area contributed by atoms with Crippen molar-refractivity contribution in [1.29, 1.82) is 0 Å². The first kappa shape index (κ1) is 20.4. The third kappa shape index (κ3) is 2.96. The number of fused-ring (bicyclic) bond motifs is 5. The van der Waals surface area contributed by atoms with E-state index in [0.29, 0.717) is 42.8 Å². The summed E-state index contributed by atoms with van der Waals surface area (Å²) in [6.07, 6.45) is 7.77. The van der Waals surface area contributed by atoms with Gasteiger partial charge >= 0.3 is 0 Å². The van der Waals surface area contributed by atoms with Crippen molar-refractivity contribution in [3.8, 4) is 11.5 Å². The predicted molar refractivity (Wildman–Crippen MR) is 113 cm³/mol. The molecule has 0 aromatic carbocycles. The van der Waals surface area contributed by atoms with Crippen LogP contribution in [-0.4, -0.2) is 30.3 Å². The molecule has 4 fully saturated rings. The lowest BCUT2D eigenvalue weighted by Crippen LogP contribution is -2.63. The van der Waals surface area contributed by atoms with Crippen molar-refractivity contribution in [2.24, 2.45) is 28.6 Å². The lowest BCUT2D eigenvalue weighted by Gasteiger charge is -2.63. The van der Waals surface area contributed by atoms with Gasteiger partial charge in [0.1, 0.15) is 19.6 Å². The summed E-state index contributed by atoms with van der Waals surface area (Å²) in [5, 5.41) is 11.8. The van der Waals surface area contributed by atoms with Gasteiger partial charge in [0.15, 0.2) is 0 Å². The second kappa shape index (κ2) is 6.54. The molecule has 4 saturated carbocycles. The molecule has 0 aliphatic heterocycles. The predicted octanol–water partition coefficient (Wildman–Crippen LogP) is 4.53. The van der Waals surface area contributed by atoms with Crippen molar-refractivity contribution in [2.45, 2.75) is 96.4 Å². The number of rotatable bonds is 1. The van der Waals surface area contributed by atoms with E-state index < -0.39 is 13.7 Å². The fraction of sp³-hybridized carbons (Fsp3) is 0.833. The zero-order valence-corrected chi connectivity index (χ0v) is 19.1. The molecule has 0 amide bonds. The van der Waals surface area contributed by atoms with Crippen LogP contribution in [0.5, 0.6) is 0 Å². The number of ketones is 2. The van der Waals surface area contributed by atoms with Crippen LogP contribution in [0.3, 0.4) is 0 Å². The van der Waals surface area contributed by atoms with Gasteiger partial charge in [0.05, 0.1) is 5.60 Å². The minimum Gasteiger partial charge on any atom is -0.389 e. The van der Waals surface area contributed by atoms with E-state index in [1.54, 1.807) is 0 Å². The molecule has 0 unspecified atom stereocenters. The van der Waals surface area contributed by atoms with Crippen molar-refractivity contribution in [1.82, 2.24) is 0 Å². The fourth-order valence-electron chi connectivity index (χ4n) is 7.46. The molecule has 0 bridgehead atoms. The van der Waals surface area contributed by atoms with Crippen LogP contribution in [0, 0.1) is 40.0 Å². The maximum Gasteiger partial charge on any atom is 0.139 e. The van der Waals surface area contributed by atoms with Crippen LogP contribution >= 0.6 is 0 Å². The highest BCUT2D eigenvalue weighted by molar-refractivity contribution is 6.83. The Kier molecular flexibility index (Phi) is 4.75. The van der Waals surface area contributed by atoms with Gasteiger partial charge in [-0.2, -0.15) is 0 Å². The van der Waals surface area contributed by atoms with Crippen LogP contribution in [-0.2, 0) is 9.59 Å². The standard InChI is InChI=1S/C24H36O3Si/c1-22-12-10-20-18(19(22)6-7-21(22)26)9-14-24(27)16-17(25)8-13-23(20,24)11-5-15-28(2,3)4/h18-20,27H,6-14,16H2,1-4H3/t18-,19-,20-,22-,23+,24+/m0/s1. The molecular formula is C24H36O3Si. The first-order valence-corrected chi connectivity index (χ1v) is 14.8. The quantitative estimate of drug-likeness (QED) is 0.519. The van der Waals surface area contributed by atoms with E-state index >= 15 is 0 Å². The molecule has 4 rings (SSSR count). The average Bonchev–Trinajstić information content (AvgIpc) is 2.89. The van der Waals surface area contributed by atoms with Crippen molar-refractivity contribution >= 4 is 19.6 Å². The van der Waals surface area contributed by atoms with Crippen molar-refractivity contribution < 1.29 is 14.7 Å². The van der Waals surface area contributed by atoms with Gasteiger partial charge in [-0.15, -0.1) is 11.5 Å². The molecule has 0 aromatic rings. The number of hydrogen-bond donors (Lipinski definition) is 1. The number of aliphatic hydroxyl groups is 1. The third-order valence-corrected chi connectivity index (χ3v) is 9.81. The van der Waals surface area contributed by atoms with E-state index in [4.69, 9.17) is 0 Å². The van der Waals surface area contributed by atoms with Crippen molar-refractivity contribution in [3.05, 3.63) is 0 Å². The van der Waals surface area contributed by atoms with E-state index in [-0.39, 0.29) is 16.6 Å². The van der Waals surface area contributed by atoms with E-state index in [2.05, 4.69) is 38.0 Å². The van der Waals surface area contributed by atoms with Crippen LogP contribution in [0.25, 0.3) is 0 Å². The molecule has 0 heterocycles. The Bertz CT molecular complexity index is 756. The summed E-state index contributed by atoms with van der Waals surface area (Å²) < 4.78 is 0. The molecule has 0 saturated heterocycles. The first-order valence-electron chi connectivity index (χ1n) is 11.3. The summed E-state index contributed by atoms with van der Waals surface area (Å²) in [7, 11) is -1.48. The molecule has 154 valence electrons. The van der Waals surface area contributed by atoms with Crippen LogP contribution in [0.1, 0.15) is 71.1 Å². The van der Waals surface area contributed by atoms with Gasteiger partial charge in [0.25, 0.3) is 0 Å². The summed E-state index contributed by atoms with van der Waals surface area (Å²) in [6.45, 7) is 8.97. The second-order valence-corrected chi connectivity index (χ2v) is 16.2. The van der Waals surface area contributed by atoms with Crippen LogP contribution in [0.15, 0.2) is 0 Å². The van der Waals surface area contributed by atoms with Crippen molar-refractivity contribution in [3.63, 3.8) is 0 Å². The average molecular weight is 401 g/mol. The molecule has 4 heteroatoms. The lowest BCUT2D eigenvalue weighted by atomic mass is 9.42. The Balaban J connectivity index is 1.72. The van der Waals surface area contributed by atoms with Crippen LogP contribution < -0.4 is 0 Å². The van der Waals surface area contributed by atoms with Crippen molar-refractivity contribution in [2.75, 3.05) is 0 Å². The van der Waals surface area contributed by atoms with E-state index in [1.165, 1.54) is 0 Å². The van der Waals surface area contributed by atoms with E-state index in [0.717, 1.165) is 44.9 Å². The summed E-state index contributed by atoms with van der Waals surface area (Å²) in [5.41, 5.74) is 2.22. The fourth-order valence-corrected chi connectivity index (χ4v) is 8.08. The van der Waals surface area contributed by atoms with Crippen LogP contribution in [0.2, 0.25) is 19.6 Å². The second-order valence-electron chi connectivity index (χ2n) is 11.5. The Morgan fingerprint density at radius 1 is 1.04 bits per heavy atom. The summed E-state index contributed by atoms with van der Waals surface area (Å²) in [5.74, 6) is 5.55. The van der Waals surface area contributed by atoms with Gasteiger partial charge < -0.3 is 5.11 Å². The number of hydrogen-bond acceptors (Lipinski definition) is 3. The van der Waals surface area contributed by atoms with E-state index in [1.807, 2.05) is 0 Å². The minimum atomic E-state index is -1.48. The number of carbonyl (C=O) groups is 2. The normalized spacial score (nSPS) is 45.5. The molecule has 1 N–H and O–H groups in total. The van der Waals surface area contributed by atoms with Gasteiger partial charge in [-0.25, -0.2) is 0 Å². The Morgan fingerprint density at radius 3 is 2.50 bits per heavy atom. The molecule has 3 nitrogen and oxygen atoms in total. The van der Waals surface area contributed by atoms with Crippen LogP contribution in [0.4, 0.5) is 0 Å². The smallest absolute Gasteiger partial charge is 0.139 e. The highest BCUT2D eigenvalue weighted by atomic mass is 28.3. The van der Waals surface area contributed by atoms with Gasteiger partial charge in [-0.05, 0) is 56.3 Å². The molecular weight excluding hydrogens is 364 g/mol. The molecule has 0 spiro atoms. The molecule has 4 aliphatic rings. The lowest BCUT2D eigenvalue weighted by molar-refractivity contribution is -0.206. The summed E-state index contributed by atoms with van der Waals surface area (Å²) in [6, 6.07) is 0. The highest BCUT2D eigenvalue weighted by Crippen LogP contribution is 2.67. The first-order chi connectivity index (χ1) is 13.0. The molecule has 6 atom stereocenters. The molecule has 4 aliphatic carbocycles. The zero-order valence-electron chi connectivity index (χ0n) is 18.1. The monoisotopic (exact) mass is 400 g/mol. The zero-order chi connectivity index (χ0) is 20.4. The topological polar surface area (TPSA) is 54.4 Å². The highest BCUT2D eigenvalue weighted by Gasteiger charge is 2.66. The third-order valence-electron chi connectivity index (χ3n) is 8.88. The molecule has 0 radical (unpaired) electrons. The van der Waals surface area contributed by atoms with E-state index in [9.17, 15) is 14.7 Å². The number of Topliss-reactive ketones (excluding diaryl/α,β-unsaturated/α-hetero) is 2. The van der Waals surface area contributed by atoms with Gasteiger partial charge in [-0.3, -0.25) is 9.59 Å². The minimum absolute atomic E-state index is 0.147.